The van der Waals surface area contributed by atoms with E-state index < -0.39 is 16.2 Å². The van der Waals surface area contributed by atoms with E-state index in [1.54, 1.807) is 16.4 Å². The van der Waals surface area contributed by atoms with E-state index in [1.807, 2.05) is 37.8 Å². The number of hydrogen-bond acceptors (Lipinski definition) is 3. The molecule has 156 valence electrons. The van der Waals surface area contributed by atoms with Gasteiger partial charge in [0.2, 0.25) is 10.0 Å². The Hall–Kier alpha value is -1.44. The smallest absolute Gasteiger partial charge is 0.279 e. The normalized spacial score (nSPS) is 22.6. The van der Waals surface area contributed by atoms with Gasteiger partial charge in [0.05, 0.1) is 18.0 Å². The van der Waals surface area contributed by atoms with Crippen LogP contribution in [-0.2, 0) is 14.8 Å². The Labute approximate surface area is 169 Å². The molecule has 0 aromatic heterocycles. The molecule has 0 saturated carbocycles. The molecule has 2 aliphatic heterocycles. The van der Waals surface area contributed by atoms with Gasteiger partial charge in [0.25, 0.3) is 5.91 Å². The minimum atomic E-state index is -3.64. The lowest BCUT2D eigenvalue weighted by Gasteiger charge is -2.45. The second-order valence-corrected chi connectivity index (χ2v) is 10.4. The highest BCUT2D eigenvalue weighted by Gasteiger charge is 2.42. The summed E-state index contributed by atoms with van der Waals surface area (Å²) in [7, 11) is -3.64. The van der Waals surface area contributed by atoms with E-state index >= 15 is 0 Å². The Morgan fingerprint density at radius 2 is 1.71 bits per heavy atom. The fraction of sp³-hybridized carbons (Fsp3) is 0.667. The fourth-order valence-electron chi connectivity index (χ4n) is 4.43. The van der Waals surface area contributed by atoms with E-state index in [2.05, 4.69) is 0 Å². The molecule has 1 amide bonds. The van der Waals surface area contributed by atoms with Crippen molar-refractivity contribution in [2.45, 2.75) is 57.5 Å². The van der Waals surface area contributed by atoms with Gasteiger partial charge in [-0.25, -0.2) is 8.42 Å². The molecule has 2 fully saturated rings. The van der Waals surface area contributed by atoms with E-state index in [4.69, 9.17) is 0 Å². The van der Waals surface area contributed by atoms with Crippen molar-refractivity contribution in [1.29, 1.82) is 0 Å². The van der Waals surface area contributed by atoms with Crippen LogP contribution in [0.5, 0.6) is 0 Å². The number of carbonyl (C=O) groups excluding carboxylic acids is 1. The zero-order chi connectivity index (χ0) is 20.3. The highest BCUT2D eigenvalue weighted by molar-refractivity contribution is 7.89. The second-order valence-electron chi connectivity index (χ2n) is 8.51. The van der Waals surface area contributed by atoms with Gasteiger partial charge in [0, 0.05) is 13.1 Å². The van der Waals surface area contributed by atoms with Gasteiger partial charge in [-0.1, -0.05) is 31.5 Å². The third kappa shape index (κ3) is 4.58. The number of piperidine rings is 1. The van der Waals surface area contributed by atoms with Gasteiger partial charge in [-0.05, 0) is 50.7 Å². The Balaban J connectivity index is 1.83. The lowest BCUT2D eigenvalue weighted by molar-refractivity contribution is -0.897. The zero-order valence-corrected chi connectivity index (χ0v) is 18.2. The van der Waals surface area contributed by atoms with Crippen LogP contribution in [0.25, 0.3) is 0 Å². The summed E-state index contributed by atoms with van der Waals surface area (Å²) < 4.78 is 28.3. The number of carbonyl (C=O) groups is 1. The maximum Gasteiger partial charge on any atom is 0.279 e. The summed E-state index contributed by atoms with van der Waals surface area (Å²) in [4.78, 5) is 16.6. The van der Waals surface area contributed by atoms with Crippen LogP contribution in [0.15, 0.2) is 29.2 Å². The standard InChI is InChI=1S/C21H33N3O3S/c1-17(2)21-23(20(25)16-22-12-5-4-6-13-22)14-7-15-24(21)28(26,27)19-10-8-18(3)9-11-19/h8-11,17,21H,4-7,12-16H2,1-3H3/p+1/t21-/m0/s1. The van der Waals surface area contributed by atoms with Gasteiger partial charge >= 0.3 is 0 Å². The lowest BCUT2D eigenvalue weighted by Crippen LogP contribution is -3.14. The van der Waals surface area contributed by atoms with Gasteiger partial charge in [-0.2, -0.15) is 4.31 Å². The van der Waals surface area contributed by atoms with E-state index in [-0.39, 0.29) is 11.8 Å². The first-order valence-corrected chi connectivity index (χ1v) is 12.0. The Bertz CT molecular complexity index is 771. The number of sulfonamides is 1. The van der Waals surface area contributed by atoms with Crippen LogP contribution in [0.1, 0.15) is 45.1 Å². The van der Waals surface area contributed by atoms with Crippen molar-refractivity contribution in [2.24, 2.45) is 5.92 Å². The molecule has 1 N–H and O–H groups in total. The molecule has 2 heterocycles. The summed E-state index contributed by atoms with van der Waals surface area (Å²) in [5, 5.41) is 0. The predicted molar refractivity (Wildman–Crippen MR) is 109 cm³/mol. The SMILES string of the molecule is Cc1ccc(S(=O)(=O)N2CCCN(C(=O)C[NH+]3CCCCC3)[C@@H]2C(C)C)cc1. The third-order valence-electron chi connectivity index (χ3n) is 5.90. The number of likely N-dealkylation sites (tertiary alicyclic amines) is 1. The fourth-order valence-corrected chi connectivity index (χ4v) is 6.20. The molecular formula is C21H34N3O3S+. The first-order valence-electron chi connectivity index (χ1n) is 10.5. The maximum atomic E-state index is 13.4. The molecular weight excluding hydrogens is 374 g/mol. The molecule has 2 aliphatic rings. The van der Waals surface area contributed by atoms with Crippen molar-refractivity contribution < 1.29 is 18.1 Å². The first-order chi connectivity index (χ1) is 13.3. The summed E-state index contributed by atoms with van der Waals surface area (Å²) in [5.41, 5.74) is 1.03. The molecule has 28 heavy (non-hydrogen) atoms. The number of aryl methyl sites for hydroxylation is 1. The number of nitrogens with zero attached hydrogens (tertiary/aromatic N) is 2. The highest BCUT2D eigenvalue weighted by Crippen LogP contribution is 2.28. The van der Waals surface area contributed by atoms with E-state index in [1.165, 1.54) is 24.2 Å². The van der Waals surface area contributed by atoms with E-state index in [0.717, 1.165) is 18.7 Å². The van der Waals surface area contributed by atoms with Crippen LogP contribution in [0.2, 0.25) is 0 Å². The van der Waals surface area contributed by atoms with Crippen LogP contribution in [0, 0.1) is 12.8 Å². The van der Waals surface area contributed by atoms with Crippen LogP contribution < -0.4 is 4.90 Å². The Morgan fingerprint density at radius 3 is 2.32 bits per heavy atom. The number of hydrogen-bond donors (Lipinski definition) is 1. The van der Waals surface area contributed by atoms with Crippen LogP contribution in [0.3, 0.4) is 0 Å². The van der Waals surface area contributed by atoms with Gasteiger partial charge < -0.3 is 9.80 Å². The lowest BCUT2D eigenvalue weighted by atomic mass is 10.1. The summed E-state index contributed by atoms with van der Waals surface area (Å²) in [6.45, 7) is 9.59. The molecule has 6 nitrogen and oxygen atoms in total. The van der Waals surface area contributed by atoms with Crippen molar-refractivity contribution in [3.63, 3.8) is 0 Å². The largest absolute Gasteiger partial charge is 0.327 e. The van der Waals surface area contributed by atoms with Crippen molar-refractivity contribution in [1.82, 2.24) is 9.21 Å². The predicted octanol–water partition coefficient (Wildman–Crippen LogP) is 1.27. The third-order valence-corrected chi connectivity index (χ3v) is 7.78. The summed E-state index contributed by atoms with van der Waals surface area (Å²) in [6.07, 6.45) is 3.85. The van der Waals surface area contributed by atoms with Crippen LogP contribution in [0.4, 0.5) is 0 Å². The zero-order valence-electron chi connectivity index (χ0n) is 17.4. The molecule has 3 rings (SSSR count). The summed E-state index contributed by atoms with van der Waals surface area (Å²) in [6, 6.07) is 6.98. The summed E-state index contributed by atoms with van der Waals surface area (Å²) >= 11 is 0. The average Bonchev–Trinajstić information content (AvgIpc) is 2.68. The molecule has 0 radical (unpaired) electrons. The number of quaternary nitrogens is 1. The van der Waals surface area contributed by atoms with Crippen LogP contribution >= 0.6 is 0 Å². The molecule has 7 heteroatoms. The Morgan fingerprint density at radius 1 is 1.07 bits per heavy atom. The van der Waals surface area contributed by atoms with Gasteiger partial charge in [0.1, 0.15) is 6.17 Å². The van der Waals surface area contributed by atoms with E-state index in [9.17, 15) is 13.2 Å². The highest BCUT2D eigenvalue weighted by atomic mass is 32.2. The number of amides is 1. The second kappa shape index (κ2) is 8.93. The quantitative estimate of drug-likeness (QED) is 0.798. The van der Waals surface area contributed by atoms with Crippen molar-refractivity contribution in [3.05, 3.63) is 29.8 Å². The molecule has 0 unspecified atom stereocenters. The number of rotatable bonds is 5. The minimum Gasteiger partial charge on any atom is -0.327 e. The Kier molecular flexibility index (Phi) is 6.78. The molecule has 1 aromatic carbocycles. The topological polar surface area (TPSA) is 62.1 Å². The van der Waals surface area contributed by atoms with E-state index in [0.29, 0.717) is 31.0 Å². The van der Waals surface area contributed by atoms with Gasteiger partial charge in [-0.3, -0.25) is 4.79 Å². The van der Waals surface area contributed by atoms with Crippen LogP contribution in [-0.4, -0.2) is 62.4 Å². The number of nitrogens with one attached hydrogen (secondary N) is 1. The monoisotopic (exact) mass is 408 g/mol. The minimum absolute atomic E-state index is 0.0285. The molecule has 0 aliphatic carbocycles. The molecule has 2 saturated heterocycles. The first kappa shape index (κ1) is 21.3. The molecule has 1 atom stereocenters. The van der Waals surface area contributed by atoms with Crippen molar-refractivity contribution in [3.8, 4) is 0 Å². The molecule has 0 spiro atoms. The maximum absolute atomic E-state index is 13.4. The van der Waals surface area contributed by atoms with Crippen molar-refractivity contribution >= 4 is 15.9 Å². The summed E-state index contributed by atoms with van der Waals surface area (Å²) in [5.74, 6) is 0.111. The molecule has 1 aromatic rings. The van der Waals surface area contributed by atoms with Gasteiger partial charge in [-0.15, -0.1) is 0 Å². The molecule has 0 bridgehead atoms. The number of benzene rings is 1. The van der Waals surface area contributed by atoms with Crippen molar-refractivity contribution in [2.75, 3.05) is 32.7 Å². The average molecular weight is 409 g/mol. The van der Waals surface area contributed by atoms with Gasteiger partial charge in [0.15, 0.2) is 6.54 Å².